The number of hydrogen-bond acceptors (Lipinski definition) is 1. The highest BCUT2D eigenvalue weighted by molar-refractivity contribution is 5.17. The van der Waals surface area contributed by atoms with Crippen molar-refractivity contribution >= 4 is 0 Å². The van der Waals surface area contributed by atoms with Gasteiger partial charge in [-0.15, -0.1) is 0 Å². The lowest BCUT2D eigenvalue weighted by molar-refractivity contribution is 0.302. The number of halogens is 2. The molecule has 0 spiro atoms. The SMILES string of the molecule is CCCCCC(C)(C)CNCc1cc(F)cc(F)c1. The first-order valence-corrected chi connectivity index (χ1v) is 7.08. The summed E-state index contributed by atoms with van der Waals surface area (Å²) in [7, 11) is 0. The Kier molecular flexibility index (Phi) is 6.43. The second-order valence-corrected chi connectivity index (χ2v) is 6.00. The van der Waals surface area contributed by atoms with Crippen molar-refractivity contribution in [3.63, 3.8) is 0 Å². The van der Waals surface area contributed by atoms with Gasteiger partial charge in [-0.1, -0.05) is 40.0 Å². The van der Waals surface area contributed by atoms with Crippen LogP contribution in [0, 0.1) is 17.0 Å². The van der Waals surface area contributed by atoms with Crippen molar-refractivity contribution in [2.45, 2.75) is 53.0 Å². The van der Waals surface area contributed by atoms with Gasteiger partial charge >= 0.3 is 0 Å². The highest BCUT2D eigenvalue weighted by atomic mass is 19.1. The minimum absolute atomic E-state index is 0.223. The van der Waals surface area contributed by atoms with E-state index in [9.17, 15) is 8.78 Å². The summed E-state index contributed by atoms with van der Waals surface area (Å²) in [6.07, 6.45) is 4.90. The fourth-order valence-corrected chi connectivity index (χ4v) is 2.20. The average Bonchev–Trinajstić information content (AvgIpc) is 2.27. The minimum atomic E-state index is -0.515. The standard InChI is InChI=1S/C16H25F2N/c1-4-5-6-7-16(2,3)12-19-11-13-8-14(17)10-15(18)9-13/h8-10,19H,4-7,11-12H2,1-3H3. The fourth-order valence-electron chi connectivity index (χ4n) is 2.20. The molecule has 1 rings (SSSR count). The molecule has 0 bridgehead atoms. The summed E-state index contributed by atoms with van der Waals surface area (Å²) in [5.74, 6) is -1.03. The summed E-state index contributed by atoms with van der Waals surface area (Å²) in [4.78, 5) is 0. The van der Waals surface area contributed by atoms with Crippen LogP contribution >= 0.6 is 0 Å². The summed E-state index contributed by atoms with van der Waals surface area (Å²) in [5, 5.41) is 3.29. The van der Waals surface area contributed by atoms with Crippen LogP contribution in [0.25, 0.3) is 0 Å². The van der Waals surface area contributed by atoms with E-state index in [1.807, 2.05) is 0 Å². The minimum Gasteiger partial charge on any atom is -0.312 e. The second-order valence-electron chi connectivity index (χ2n) is 6.00. The highest BCUT2D eigenvalue weighted by Crippen LogP contribution is 2.22. The molecule has 19 heavy (non-hydrogen) atoms. The Morgan fingerprint density at radius 2 is 1.68 bits per heavy atom. The van der Waals surface area contributed by atoms with Crippen LogP contribution in [0.2, 0.25) is 0 Å². The maximum absolute atomic E-state index is 13.0. The Bertz CT molecular complexity index is 368. The van der Waals surface area contributed by atoms with Crippen LogP contribution in [0.15, 0.2) is 18.2 Å². The van der Waals surface area contributed by atoms with Gasteiger partial charge in [-0.05, 0) is 29.5 Å². The molecule has 0 radical (unpaired) electrons. The van der Waals surface area contributed by atoms with Crippen molar-refractivity contribution in [1.29, 1.82) is 0 Å². The number of nitrogens with one attached hydrogen (secondary N) is 1. The molecule has 1 aromatic rings. The zero-order valence-electron chi connectivity index (χ0n) is 12.2. The summed E-state index contributed by atoms with van der Waals surface area (Å²) in [5.41, 5.74) is 0.878. The van der Waals surface area contributed by atoms with Crippen molar-refractivity contribution in [2.24, 2.45) is 5.41 Å². The quantitative estimate of drug-likeness (QED) is 0.677. The monoisotopic (exact) mass is 269 g/mol. The Morgan fingerprint density at radius 3 is 2.26 bits per heavy atom. The zero-order valence-corrected chi connectivity index (χ0v) is 12.2. The lowest BCUT2D eigenvalue weighted by atomic mass is 9.87. The summed E-state index contributed by atoms with van der Waals surface area (Å²) >= 11 is 0. The second kappa shape index (κ2) is 7.59. The van der Waals surface area contributed by atoms with Gasteiger partial charge in [0.05, 0.1) is 0 Å². The lowest BCUT2D eigenvalue weighted by Crippen LogP contribution is -2.29. The molecule has 0 heterocycles. The topological polar surface area (TPSA) is 12.0 Å². The molecule has 0 aliphatic heterocycles. The highest BCUT2D eigenvalue weighted by Gasteiger charge is 2.16. The van der Waals surface area contributed by atoms with Crippen molar-refractivity contribution in [2.75, 3.05) is 6.54 Å². The van der Waals surface area contributed by atoms with Gasteiger partial charge in [-0.2, -0.15) is 0 Å². The van der Waals surface area contributed by atoms with E-state index < -0.39 is 11.6 Å². The molecule has 0 aromatic heterocycles. The number of hydrogen-bond donors (Lipinski definition) is 1. The van der Waals surface area contributed by atoms with E-state index in [0.717, 1.165) is 12.6 Å². The normalized spacial score (nSPS) is 11.8. The van der Waals surface area contributed by atoms with Crippen molar-refractivity contribution in [3.8, 4) is 0 Å². The summed E-state index contributed by atoms with van der Waals surface area (Å²) in [6, 6.07) is 3.65. The van der Waals surface area contributed by atoms with Gasteiger partial charge in [0.15, 0.2) is 0 Å². The van der Waals surface area contributed by atoms with E-state index in [1.165, 1.54) is 37.8 Å². The largest absolute Gasteiger partial charge is 0.312 e. The van der Waals surface area contributed by atoms with E-state index in [1.54, 1.807) is 0 Å². The molecule has 1 aromatic carbocycles. The molecule has 0 aliphatic rings. The first-order valence-electron chi connectivity index (χ1n) is 7.08. The van der Waals surface area contributed by atoms with Gasteiger partial charge in [0.2, 0.25) is 0 Å². The third kappa shape index (κ3) is 6.67. The van der Waals surface area contributed by atoms with Crippen LogP contribution < -0.4 is 5.32 Å². The van der Waals surface area contributed by atoms with Crippen molar-refractivity contribution in [3.05, 3.63) is 35.4 Å². The third-order valence-corrected chi connectivity index (χ3v) is 3.31. The predicted molar refractivity (Wildman–Crippen MR) is 76.0 cm³/mol. The molecular weight excluding hydrogens is 244 g/mol. The third-order valence-electron chi connectivity index (χ3n) is 3.31. The van der Waals surface area contributed by atoms with Crippen molar-refractivity contribution in [1.82, 2.24) is 5.32 Å². The Morgan fingerprint density at radius 1 is 1.05 bits per heavy atom. The van der Waals surface area contributed by atoms with Crippen LogP contribution in [0.4, 0.5) is 8.78 Å². The maximum Gasteiger partial charge on any atom is 0.126 e. The van der Waals surface area contributed by atoms with Crippen LogP contribution in [0.5, 0.6) is 0 Å². The van der Waals surface area contributed by atoms with Gasteiger partial charge in [0.25, 0.3) is 0 Å². The molecule has 1 N–H and O–H groups in total. The van der Waals surface area contributed by atoms with Gasteiger partial charge in [0, 0.05) is 19.2 Å². The average molecular weight is 269 g/mol. The summed E-state index contributed by atoms with van der Waals surface area (Å²) < 4.78 is 26.1. The molecule has 0 unspecified atom stereocenters. The number of benzene rings is 1. The molecule has 0 amide bonds. The molecule has 108 valence electrons. The van der Waals surface area contributed by atoms with Gasteiger partial charge in [-0.25, -0.2) is 8.78 Å². The van der Waals surface area contributed by atoms with E-state index in [0.29, 0.717) is 12.1 Å². The van der Waals surface area contributed by atoms with Gasteiger partial charge < -0.3 is 5.32 Å². The number of rotatable bonds is 8. The van der Waals surface area contributed by atoms with E-state index in [-0.39, 0.29) is 5.41 Å². The first kappa shape index (κ1) is 16.1. The molecule has 0 saturated carbocycles. The Hall–Kier alpha value is -0.960. The molecule has 1 nitrogen and oxygen atoms in total. The van der Waals surface area contributed by atoms with Gasteiger partial charge in [-0.3, -0.25) is 0 Å². The number of unbranched alkanes of at least 4 members (excludes halogenated alkanes) is 2. The van der Waals surface area contributed by atoms with Crippen LogP contribution in [0.1, 0.15) is 52.0 Å². The molecule has 0 saturated heterocycles. The molecule has 0 atom stereocenters. The smallest absolute Gasteiger partial charge is 0.126 e. The van der Waals surface area contributed by atoms with E-state index in [4.69, 9.17) is 0 Å². The van der Waals surface area contributed by atoms with Crippen LogP contribution in [0.3, 0.4) is 0 Å². The molecular formula is C16H25F2N. The van der Waals surface area contributed by atoms with Crippen LogP contribution in [-0.4, -0.2) is 6.54 Å². The summed E-state index contributed by atoms with van der Waals surface area (Å²) in [6.45, 7) is 8.01. The maximum atomic E-state index is 13.0. The molecule has 0 fully saturated rings. The van der Waals surface area contributed by atoms with Crippen LogP contribution in [-0.2, 0) is 6.54 Å². The first-order chi connectivity index (χ1) is 8.93. The molecule has 0 aliphatic carbocycles. The fraction of sp³-hybridized carbons (Fsp3) is 0.625. The Balaban J connectivity index is 2.36. The zero-order chi connectivity index (χ0) is 14.3. The van der Waals surface area contributed by atoms with Crippen molar-refractivity contribution < 1.29 is 8.78 Å². The lowest BCUT2D eigenvalue weighted by Gasteiger charge is -2.25. The predicted octanol–water partition coefficient (Wildman–Crippen LogP) is 4.66. The Labute approximate surface area is 115 Å². The van der Waals surface area contributed by atoms with Gasteiger partial charge in [0.1, 0.15) is 11.6 Å². The van der Waals surface area contributed by atoms with E-state index in [2.05, 4.69) is 26.1 Å². The van der Waals surface area contributed by atoms with E-state index >= 15 is 0 Å². The molecule has 3 heteroatoms.